The highest BCUT2D eigenvalue weighted by atomic mass is 35.5. The molecule has 0 spiro atoms. The summed E-state index contributed by atoms with van der Waals surface area (Å²) in [5.41, 5.74) is 2.84. The van der Waals surface area contributed by atoms with Crippen molar-refractivity contribution in [1.29, 1.82) is 5.26 Å². The Morgan fingerprint density at radius 2 is 2.07 bits per heavy atom. The molecule has 0 aliphatic carbocycles. The second-order valence-electron chi connectivity index (χ2n) is 7.15. The van der Waals surface area contributed by atoms with Crippen LogP contribution >= 0.6 is 23.4 Å². The number of halogens is 1. The smallest absolute Gasteiger partial charge is 0.259 e. The van der Waals surface area contributed by atoms with Crippen LogP contribution in [0.15, 0.2) is 53.9 Å². The van der Waals surface area contributed by atoms with Crippen LogP contribution in [0.1, 0.15) is 30.5 Å². The van der Waals surface area contributed by atoms with Crippen molar-refractivity contribution >= 4 is 40.3 Å². The Balaban J connectivity index is 1.82. The van der Waals surface area contributed by atoms with E-state index in [1.807, 2.05) is 32.0 Å². The molecule has 1 heterocycles. The molecule has 2 N–H and O–H groups in total. The molecule has 3 aromatic rings. The summed E-state index contributed by atoms with van der Waals surface area (Å²) in [7, 11) is 0. The van der Waals surface area contributed by atoms with Gasteiger partial charge in [-0.15, -0.1) is 11.8 Å². The second kappa shape index (κ2) is 9.62. The van der Waals surface area contributed by atoms with Crippen LogP contribution in [0.25, 0.3) is 0 Å². The van der Waals surface area contributed by atoms with Crippen molar-refractivity contribution in [2.45, 2.75) is 36.5 Å². The average molecular weight is 462 g/mol. The van der Waals surface area contributed by atoms with Gasteiger partial charge in [0.1, 0.15) is 12.7 Å². The Labute approximate surface area is 186 Å². The summed E-state index contributed by atoms with van der Waals surface area (Å²) in [6, 6.07) is 13.8. The SMILES string of the molecule is CC(C)(C#N)c1cc(CSc2ccc(NS(=O)O)c(Cl)c2)cc(Cn2cncn2)c1. The summed E-state index contributed by atoms with van der Waals surface area (Å²) in [5, 5.41) is 14.1. The third-order valence-corrected chi connectivity index (χ3v) is 6.18. The van der Waals surface area contributed by atoms with Gasteiger partial charge in [0.25, 0.3) is 11.3 Å². The van der Waals surface area contributed by atoms with Crippen LogP contribution in [0.5, 0.6) is 0 Å². The number of rotatable bonds is 8. The molecule has 0 fully saturated rings. The molecule has 0 saturated carbocycles. The third kappa shape index (κ3) is 5.83. The molecule has 10 heteroatoms. The summed E-state index contributed by atoms with van der Waals surface area (Å²) in [4.78, 5) is 4.91. The lowest BCUT2D eigenvalue weighted by atomic mass is 9.84. The molecule has 1 aromatic heterocycles. The lowest BCUT2D eigenvalue weighted by Gasteiger charge is -2.19. The molecule has 3 rings (SSSR count). The Bertz CT molecular complexity index is 1100. The van der Waals surface area contributed by atoms with Crippen LogP contribution < -0.4 is 4.72 Å². The fourth-order valence-corrected chi connectivity index (χ4v) is 4.37. The van der Waals surface area contributed by atoms with Crippen molar-refractivity contribution < 1.29 is 8.76 Å². The number of hydrogen-bond donors (Lipinski definition) is 2. The lowest BCUT2D eigenvalue weighted by molar-refractivity contribution is 0.570. The van der Waals surface area contributed by atoms with Gasteiger partial charge in [0.15, 0.2) is 0 Å². The molecule has 0 aliphatic heterocycles. The Kier molecular flexibility index (Phi) is 7.15. The van der Waals surface area contributed by atoms with Gasteiger partial charge in [-0.05, 0) is 48.7 Å². The van der Waals surface area contributed by atoms with Crippen molar-refractivity contribution in [2.24, 2.45) is 0 Å². The minimum Gasteiger partial charge on any atom is -0.289 e. The van der Waals surface area contributed by atoms with Gasteiger partial charge in [-0.3, -0.25) is 9.27 Å². The molecule has 2 aromatic carbocycles. The topological polar surface area (TPSA) is 104 Å². The average Bonchev–Trinajstić information content (AvgIpc) is 3.21. The van der Waals surface area contributed by atoms with E-state index in [9.17, 15) is 9.47 Å². The number of nitrogens with one attached hydrogen (secondary N) is 1. The molecule has 0 saturated heterocycles. The minimum atomic E-state index is -2.17. The number of anilines is 1. The van der Waals surface area contributed by atoms with Gasteiger partial charge in [-0.25, -0.2) is 13.9 Å². The molecule has 7 nitrogen and oxygen atoms in total. The van der Waals surface area contributed by atoms with Crippen molar-refractivity contribution in [3.8, 4) is 6.07 Å². The number of hydrogen-bond acceptors (Lipinski definition) is 5. The molecule has 156 valence electrons. The predicted octanol–water partition coefficient (Wildman–Crippen LogP) is 4.62. The molecule has 0 amide bonds. The van der Waals surface area contributed by atoms with E-state index in [1.54, 1.807) is 34.9 Å². The zero-order valence-corrected chi connectivity index (χ0v) is 18.8. The largest absolute Gasteiger partial charge is 0.289 e. The first-order chi connectivity index (χ1) is 14.3. The van der Waals surface area contributed by atoms with E-state index in [-0.39, 0.29) is 0 Å². The number of aromatic nitrogens is 3. The van der Waals surface area contributed by atoms with Gasteiger partial charge in [0.2, 0.25) is 0 Å². The fourth-order valence-electron chi connectivity index (χ4n) is 2.79. The number of nitrogens with zero attached hydrogens (tertiary/aromatic N) is 4. The first-order valence-electron chi connectivity index (χ1n) is 8.93. The van der Waals surface area contributed by atoms with E-state index < -0.39 is 16.7 Å². The van der Waals surface area contributed by atoms with Crippen molar-refractivity contribution in [1.82, 2.24) is 14.8 Å². The molecule has 1 unspecified atom stereocenters. The monoisotopic (exact) mass is 461 g/mol. The Hall–Kier alpha value is -2.38. The van der Waals surface area contributed by atoms with Crippen molar-refractivity contribution in [3.05, 3.63) is 70.8 Å². The van der Waals surface area contributed by atoms with Gasteiger partial charge >= 0.3 is 0 Å². The molecule has 1 atom stereocenters. The molecule has 0 radical (unpaired) electrons. The summed E-state index contributed by atoms with van der Waals surface area (Å²) in [5.74, 6) is 0.675. The van der Waals surface area contributed by atoms with Gasteiger partial charge in [0, 0.05) is 10.6 Å². The zero-order chi connectivity index (χ0) is 21.7. The summed E-state index contributed by atoms with van der Waals surface area (Å²) in [6.07, 6.45) is 3.15. The van der Waals surface area contributed by atoms with Crippen LogP contribution in [0.4, 0.5) is 5.69 Å². The van der Waals surface area contributed by atoms with Crippen LogP contribution in [-0.2, 0) is 29.0 Å². The molecule has 0 aliphatic rings. The predicted molar refractivity (Wildman–Crippen MR) is 120 cm³/mol. The summed E-state index contributed by atoms with van der Waals surface area (Å²) >= 11 is 5.61. The fraction of sp³-hybridized carbons (Fsp3) is 0.250. The maximum atomic E-state index is 10.9. The van der Waals surface area contributed by atoms with E-state index in [4.69, 9.17) is 16.2 Å². The highest BCUT2D eigenvalue weighted by Gasteiger charge is 2.21. The van der Waals surface area contributed by atoms with Gasteiger partial charge in [-0.1, -0.05) is 29.8 Å². The Morgan fingerprint density at radius 1 is 1.30 bits per heavy atom. The minimum absolute atomic E-state index is 0.369. The number of nitriles is 1. The standard InChI is InChI=1S/C20H20ClN5O2S2/c1-20(2,11-22)16-6-14(9-26-13-23-12-24-26)5-15(7-16)10-29-17-3-4-19(18(21)8-17)25-30(27)28/h3-8,12-13,25H,9-10H2,1-2H3,(H,27,28). The Morgan fingerprint density at radius 3 is 2.70 bits per heavy atom. The van der Waals surface area contributed by atoms with E-state index >= 15 is 0 Å². The molecule has 0 bridgehead atoms. The maximum Gasteiger partial charge on any atom is 0.259 e. The normalized spacial score (nSPS) is 12.4. The lowest BCUT2D eigenvalue weighted by Crippen LogP contribution is -2.15. The number of thioether (sulfide) groups is 1. The number of benzene rings is 2. The van der Waals surface area contributed by atoms with Crippen molar-refractivity contribution in [2.75, 3.05) is 4.72 Å². The van der Waals surface area contributed by atoms with Gasteiger partial charge < -0.3 is 0 Å². The first-order valence-corrected chi connectivity index (χ1v) is 11.4. The van der Waals surface area contributed by atoms with Gasteiger partial charge in [-0.2, -0.15) is 10.4 Å². The van der Waals surface area contributed by atoms with Crippen LogP contribution in [0, 0.1) is 11.3 Å². The van der Waals surface area contributed by atoms with Crippen LogP contribution in [-0.4, -0.2) is 23.5 Å². The third-order valence-electron chi connectivity index (χ3n) is 4.41. The van der Waals surface area contributed by atoms with Crippen LogP contribution in [0.3, 0.4) is 0 Å². The van der Waals surface area contributed by atoms with Gasteiger partial charge in [0.05, 0.1) is 28.7 Å². The second-order valence-corrected chi connectivity index (χ2v) is 9.31. The van der Waals surface area contributed by atoms with E-state index in [1.165, 1.54) is 6.33 Å². The van der Waals surface area contributed by atoms with Crippen LogP contribution in [0.2, 0.25) is 5.02 Å². The first kappa shape index (κ1) is 22.3. The van der Waals surface area contributed by atoms with Crippen molar-refractivity contribution in [3.63, 3.8) is 0 Å². The van der Waals surface area contributed by atoms with E-state index in [0.717, 1.165) is 21.6 Å². The highest BCUT2D eigenvalue weighted by molar-refractivity contribution is 7.98. The maximum absolute atomic E-state index is 10.9. The summed E-state index contributed by atoms with van der Waals surface area (Å²) in [6.45, 7) is 4.36. The van der Waals surface area contributed by atoms with E-state index in [0.29, 0.717) is 23.0 Å². The quantitative estimate of drug-likeness (QED) is 0.374. The summed E-state index contributed by atoms with van der Waals surface area (Å²) < 4.78 is 24.0. The molecule has 30 heavy (non-hydrogen) atoms. The molecular formula is C20H20ClN5O2S2. The zero-order valence-electron chi connectivity index (χ0n) is 16.4. The highest BCUT2D eigenvalue weighted by Crippen LogP contribution is 2.32. The van der Waals surface area contributed by atoms with E-state index in [2.05, 4.69) is 26.9 Å². The molecular weight excluding hydrogens is 442 g/mol.